The number of pyridine rings is 1. The highest BCUT2D eigenvalue weighted by molar-refractivity contribution is 7.07. The Hall–Kier alpha value is -2.08. The van der Waals surface area contributed by atoms with Crippen LogP contribution >= 0.6 is 11.3 Å². The van der Waals surface area contributed by atoms with Gasteiger partial charge < -0.3 is 15.4 Å². The molecule has 0 aliphatic carbocycles. The molecule has 2 N–H and O–H groups in total. The molecule has 0 saturated carbocycles. The van der Waals surface area contributed by atoms with Gasteiger partial charge in [0.25, 0.3) is 0 Å². The second kappa shape index (κ2) is 7.49. The smallest absolute Gasteiger partial charge is 0.218 e. The van der Waals surface area contributed by atoms with Crippen molar-refractivity contribution >= 4 is 17.3 Å². The molecular formula is C14H18N4OS. The van der Waals surface area contributed by atoms with E-state index in [1.54, 1.807) is 31.7 Å². The van der Waals surface area contributed by atoms with Crippen LogP contribution in [0.1, 0.15) is 11.1 Å². The molecule has 5 nitrogen and oxygen atoms in total. The molecule has 0 aromatic carbocycles. The van der Waals surface area contributed by atoms with E-state index in [1.807, 2.05) is 12.1 Å². The lowest BCUT2D eigenvalue weighted by atomic mass is 10.2. The standard InChI is InChI=1S/C14H18N4OS/c1-15-14(17-8-11-5-7-20-10-11)18-9-12-4-3-6-16-13(12)19-2/h3-7,10H,8-9H2,1-2H3,(H2,15,17,18). The maximum absolute atomic E-state index is 5.22. The lowest BCUT2D eigenvalue weighted by Crippen LogP contribution is -2.36. The van der Waals surface area contributed by atoms with E-state index in [1.165, 1.54) is 5.56 Å². The second-order valence-corrected chi connectivity index (χ2v) is 4.86. The fourth-order valence-electron chi connectivity index (χ4n) is 1.72. The Kier molecular flexibility index (Phi) is 5.37. The highest BCUT2D eigenvalue weighted by Crippen LogP contribution is 2.12. The number of rotatable bonds is 5. The van der Waals surface area contributed by atoms with Crippen LogP contribution in [0.2, 0.25) is 0 Å². The van der Waals surface area contributed by atoms with E-state index in [4.69, 9.17) is 4.74 Å². The monoisotopic (exact) mass is 290 g/mol. The van der Waals surface area contributed by atoms with Crippen molar-refractivity contribution in [3.8, 4) is 5.88 Å². The summed E-state index contributed by atoms with van der Waals surface area (Å²) >= 11 is 1.69. The van der Waals surface area contributed by atoms with Crippen LogP contribution in [0.15, 0.2) is 40.1 Å². The number of aliphatic imine (C=N–C) groups is 1. The van der Waals surface area contributed by atoms with Crippen LogP contribution in [0.3, 0.4) is 0 Å². The zero-order chi connectivity index (χ0) is 14.2. The van der Waals surface area contributed by atoms with Gasteiger partial charge in [-0.3, -0.25) is 4.99 Å². The minimum atomic E-state index is 0.611. The molecule has 2 rings (SSSR count). The fourth-order valence-corrected chi connectivity index (χ4v) is 2.39. The van der Waals surface area contributed by atoms with E-state index >= 15 is 0 Å². The first-order chi connectivity index (χ1) is 9.83. The van der Waals surface area contributed by atoms with Crippen LogP contribution in [0.5, 0.6) is 5.88 Å². The number of guanidine groups is 1. The largest absolute Gasteiger partial charge is 0.481 e. The van der Waals surface area contributed by atoms with Crippen LogP contribution in [0.4, 0.5) is 0 Å². The van der Waals surface area contributed by atoms with E-state index in [0.717, 1.165) is 18.1 Å². The van der Waals surface area contributed by atoms with E-state index < -0.39 is 0 Å². The Morgan fingerprint density at radius 3 is 2.90 bits per heavy atom. The minimum Gasteiger partial charge on any atom is -0.481 e. The molecular weight excluding hydrogens is 272 g/mol. The third-order valence-electron chi connectivity index (χ3n) is 2.75. The fraction of sp³-hybridized carbons (Fsp3) is 0.286. The predicted molar refractivity (Wildman–Crippen MR) is 82.1 cm³/mol. The molecule has 20 heavy (non-hydrogen) atoms. The zero-order valence-electron chi connectivity index (χ0n) is 11.6. The summed E-state index contributed by atoms with van der Waals surface area (Å²) in [6, 6.07) is 5.96. The molecule has 0 aliphatic rings. The Morgan fingerprint density at radius 2 is 2.20 bits per heavy atom. The van der Waals surface area contributed by atoms with E-state index in [9.17, 15) is 0 Å². The Bertz CT molecular complexity index is 554. The molecule has 0 bridgehead atoms. The maximum atomic E-state index is 5.22. The lowest BCUT2D eigenvalue weighted by molar-refractivity contribution is 0.392. The molecule has 2 aromatic heterocycles. The van der Waals surface area contributed by atoms with Crippen LogP contribution in [0, 0.1) is 0 Å². The predicted octanol–water partition coefficient (Wildman–Crippen LogP) is 2.02. The van der Waals surface area contributed by atoms with Gasteiger partial charge in [-0.25, -0.2) is 4.98 Å². The van der Waals surface area contributed by atoms with E-state index in [0.29, 0.717) is 12.4 Å². The van der Waals surface area contributed by atoms with Crippen molar-refractivity contribution < 1.29 is 4.74 Å². The highest BCUT2D eigenvalue weighted by Gasteiger charge is 2.04. The third kappa shape index (κ3) is 3.96. The normalized spacial score (nSPS) is 11.2. The first-order valence-electron chi connectivity index (χ1n) is 6.27. The number of ether oxygens (including phenoxy) is 1. The number of thiophene rings is 1. The van der Waals surface area contributed by atoms with Gasteiger partial charge in [-0.15, -0.1) is 0 Å². The lowest BCUT2D eigenvalue weighted by Gasteiger charge is -2.12. The minimum absolute atomic E-state index is 0.611. The maximum Gasteiger partial charge on any atom is 0.218 e. The molecule has 106 valence electrons. The average Bonchev–Trinajstić information content (AvgIpc) is 3.01. The molecule has 2 heterocycles. The number of nitrogens with one attached hydrogen (secondary N) is 2. The SMILES string of the molecule is CN=C(NCc1ccsc1)NCc1cccnc1OC. The van der Waals surface area contributed by atoms with Crippen LogP contribution in [0.25, 0.3) is 0 Å². The van der Waals surface area contributed by atoms with Gasteiger partial charge in [-0.2, -0.15) is 11.3 Å². The Morgan fingerprint density at radius 1 is 1.35 bits per heavy atom. The van der Waals surface area contributed by atoms with Crippen molar-refractivity contribution in [2.75, 3.05) is 14.2 Å². The Labute approximate surface area is 122 Å². The van der Waals surface area contributed by atoms with Gasteiger partial charge in [0, 0.05) is 31.9 Å². The molecule has 0 saturated heterocycles. The average molecular weight is 290 g/mol. The quantitative estimate of drug-likeness (QED) is 0.653. The van der Waals surface area contributed by atoms with Gasteiger partial charge >= 0.3 is 0 Å². The summed E-state index contributed by atoms with van der Waals surface area (Å²) in [7, 11) is 3.37. The van der Waals surface area contributed by atoms with Crippen molar-refractivity contribution in [2.45, 2.75) is 13.1 Å². The molecule has 0 radical (unpaired) electrons. The van der Waals surface area contributed by atoms with Crippen molar-refractivity contribution in [3.63, 3.8) is 0 Å². The van der Waals surface area contributed by atoms with Crippen LogP contribution < -0.4 is 15.4 Å². The van der Waals surface area contributed by atoms with Crippen LogP contribution in [-0.4, -0.2) is 25.1 Å². The van der Waals surface area contributed by atoms with Crippen molar-refractivity contribution in [2.24, 2.45) is 4.99 Å². The molecule has 2 aromatic rings. The summed E-state index contributed by atoms with van der Waals surface area (Å²) in [5.41, 5.74) is 2.24. The summed E-state index contributed by atoms with van der Waals surface area (Å²) < 4.78 is 5.22. The van der Waals surface area contributed by atoms with Gasteiger partial charge in [0.05, 0.1) is 7.11 Å². The Balaban J connectivity index is 1.87. The third-order valence-corrected chi connectivity index (χ3v) is 3.49. The first-order valence-corrected chi connectivity index (χ1v) is 7.21. The van der Waals surface area contributed by atoms with Gasteiger partial charge in [0.2, 0.25) is 5.88 Å². The number of hydrogen-bond donors (Lipinski definition) is 2. The number of nitrogens with zero attached hydrogens (tertiary/aromatic N) is 2. The highest BCUT2D eigenvalue weighted by atomic mass is 32.1. The van der Waals surface area contributed by atoms with E-state index in [-0.39, 0.29) is 0 Å². The van der Waals surface area contributed by atoms with Gasteiger partial charge in [0.1, 0.15) is 0 Å². The number of methoxy groups -OCH3 is 1. The summed E-state index contributed by atoms with van der Waals surface area (Å²) in [5.74, 6) is 1.38. The summed E-state index contributed by atoms with van der Waals surface area (Å²) in [4.78, 5) is 8.36. The van der Waals surface area contributed by atoms with Crippen LogP contribution in [-0.2, 0) is 13.1 Å². The molecule has 0 spiro atoms. The van der Waals surface area contributed by atoms with Crippen molar-refractivity contribution in [1.82, 2.24) is 15.6 Å². The van der Waals surface area contributed by atoms with Crippen molar-refractivity contribution in [3.05, 3.63) is 46.3 Å². The van der Waals surface area contributed by atoms with Gasteiger partial charge in [-0.05, 0) is 28.5 Å². The van der Waals surface area contributed by atoms with Crippen molar-refractivity contribution in [1.29, 1.82) is 0 Å². The topological polar surface area (TPSA) is 58.5 Å². The molecule has 6 heteroatoms. The molecule has 0 fully saturated rings. The summed E-state index contributed by atoms with van der Waals surface area (Å²) in [5, 5.41) is 10.7. The molecule has 0 amide bonds. The molecule has 0 unspecified atom stereocenters. The van der Waals surface area contributed by atoms with Gasteiger partial charge in [-0.1, -0.05) is 6.07 Å². The number of aromatic nitrogens is 1. The van der Waals surface area contributed by atoms with E-state index in [2.05, 4.69) is 37.4 Å². The second-order valence-electron chi connectivity index (χ2n) is 4.08. The zero-order valence-corrected chi connectivity index (χ0v) is 12.4. The van der Waals surface area contributed by atoms with Gasteiger partial charge in [0.15, 0.2) is 5.96 Å². The summed E-state index contributed by atoms with van der Waals surface area (Å²) in [6.45, 7) is 1.37. The molecule has 0 aliphatic heterocycles. The molecule has 0 atom stereocenters. The summed E-state index contributed by atoms with van der Waals surface area (Å²) in [6.07, 6.45) is 1.71. The first kappa shape index (κ1) is 14.3. The number of hydrogen-bond acceptors (Lipinski definition) is 4.